The van der Waals surface area contributed by atoms with E-state index in [1.54, 1.807) is 0 Å². The first kappa shape index (κ1) is 20.2. The molecule has 0 saturated carbocycles. The second kappa shape index (κ2) is 8.00. The van der Waals surface area contributed by atoms with Gasteiger partial charge in [0.2, 0.25) is 0 Å². The topological polar surface area (TPSA) is 37.3 Å². The van der Waals surface area contributed by atoms with E-state index in [0.29, 0.717) is 0 Å². The van der Waals surface area contributed by atoms with Gasteiger partial charge in [0.05, 0.1) is 0 Å². The zero-order valence-corrected chi connectivity index (χ0v) is 18.2. The fraction of sp³-hybridized carbons (Fsp3) is 0. The Labute approximate surface area is 179 Å². The Morgan fingerprint density at radius 2 is 0.767 bits per heavy atom. The summed E-state index contributed by atoms with van der Waals surface area (Å²) in [5.41, 5.74) is 0. The van der Waals surface area contributed by atoms with Crippen LogP contribution in [0.5, 0.6) is 0 Å². The summed E-state index contributed by atoms with van der Waals surface area (Å²) >= 11 is 0. The number of hydrogen-bond acceptors (Lipinski definition) is 1. The Morgan fingerprint density at radius 1 is 0.533 bits per heavy atom. The van der Waals surface area contributed by atoms with Gasteiger partial charge in [-0.25, -0.2) is 0 Å². The molecule has 0 aliphatic heterocycles. The molecule has 148 valence electrons. The Hall–Kier alpha value is -3.05. The van der Waals surface area contributed by atoms with Crippen LogP contribution in [0.1, 0.15) is 0 Å². The van der Waals surface area contributed by atoms with E-state index in [-0.39, 0.29) is 5.03 Å². The van der Waals surface area contributed by atoms with Crippen molar-refractivity contribution in [3.05, 3.63) is 121 Å². The van der Waals surface area contributed by atoms with Gasteiger partial charge < -0.3 is 0 Å². The molecule has 0 aliphatic rings. The van der Waals surface area contributed by atoms with E-state index >= 15 is 0 Å². The van der Waals surface area contributed by atoms with Crippen molar-refractivity contribution < 1.29 is 9.90 Å². The molecular formula is C26H22O2P2. The van der Waals surface area contributed by atoms with Gasteiger partial charge in [0.15, 0.2) is 0 Å². The van der Waals surface area contributed by atoms with Crippen LogP contribution >= 0.6 is 15.5 Å². The van der Waals surface area contributed by atoms with Crippen LogP contribution < -0.4 is 21.2 Å². The average molecular weight is 428 g/mol. The third-order valence-corrected chi connectivity index (χ3v) is 13.7. The Balaban J connectivity index is 2.38. The van der Waals surface area contributed by atoms with Crippen LogP contribution in [0, 0.1) is 0 Å². The molecule has 4 heteroatoms. The van der Waals surface area contributed by atoms with Gasteiger partial charge in [0.1, 0.15) is 0 Å². The van der Waals surface area contributed by atoms with Crippen molar-refractivity contribution in [2.24, 2.45) is 0 Å². The van der Waals surface area contributed by atoms with Crippen molar-refractivity contribution in [2.75, 3.05) is 0 Å². The summed E-state index contributed by atoms with van der Waals surface area (Å²) in [6.07, 6.45) is 0. The van der Waals surface area contributed by atoms with Crippen molar-refractivity contribution in [3.8, 4) is 0 Å². The van der Waals surface area contributed by atoms with Gasteiger partial charge in [0.25, 0.3) is 0 Å². The summed E-state index contributed by atoms with van der Waals surface area (Å²) in [5, 5.41) is 14.6. The van der Waals surface area contributed by atoms with Crippen molar-refractivity contribution in [2.45, 2.75) is 0 Å². The minimum absolute atomic E-state index is 0.260. The van der Waals surface area contributed by atoms with Crippen molar-refractivity contribution in [3.63, 3.8) is 0 Å². The van der Waals surface area contributed by atoms with Gasteiger partial charge in [-0.1, -0.05) is 0 Å². The Kier molecular flexibility index (Phi) is 5.39. The van der Waals surface area contributed by atoms with E-state index in [1.807, 2.05) is 121 Å². The summed E-state index contributed by atoms with van der Waals surface area (Å²) in [4.78, 5) is 12.8. The van der Waals surface area contributed by atoms with Gasteiger partial charge in [0, 0.05) is 0 Å². The summed E-state index contributed by atoms with van der Waals surface area (Å²) in [6, 6.07) is 40.1. The van der Waals surface area contributed by atoms with E-state index in [1.165, 1.54) is 0 Å². The number of hydrogen-bond donors (Lipinski definition) is 1. The zero-order valence-electron chi connectivity index (χ0n) is 16.3. The number of carboxylic acid groups (broad SMARTS) is 1. The van der Waals surface area contributed by atoms with Gasteiger partial charge >= 0.3 is 179 Å². The maximum atomic E-state index is 12.8. The number of aliphatic carboxylic acids is 1. The Morgan fingerprint density at radius 3 is 0.967 bits per heavy atom. The normalized spacial score (nSPS) is 12.5. The van der Waals surface area contributed by atoms with Gasteiger partial charge in [-0.3, -0.25) is 0 Å². The number of benzene rings is 4. The molecule has 0 spiro atoms. The molecule has 30 heavy (non-hydrogen) atoms. The molecule has 0 heterocycles. The maximum absolute atomic E-state index is 12.8. The molecule has 0 fully saturated rings. The summed E-state index contributed by atoms with van der Waals surface area (Å²) in [7, 11) is 3.71. The fourth-order valence-electron chi connectivity index (χ4n) is 4.51. The van der Waals surface area contributed by atoms with Crippen LogP contribution in [-0.4, -0.2) is 16.1 Å². The first-order valence-electron chi connectivity index (χ1n) is 9.69. The van der Waals surface area contributed by atoms with Crippen molar-refractivity contribution >= 4 is 47.7 Å². The van der Waals surface area contributed by atoms with Crippen LogP contribution in [0.4, 0.5) is 0 Å². The van der Waals surface area contributed by atoms with Crippen molar-refractivity contribution in [1.29, 1.82) is 0 Å². The summed E-state index contributed by atoms with van der Waals surface area (Å²) in [5.74, 6) is -0.968. The fourth-order valence-corrected chi connectivity index (χ4v) is 12.3. The predicted molar refractivity (Wildman–Crippen MR) is 132 cm³/mol. The summed E-state index contributed by atoms with van der Waals surface area (Å²) in [6.45, 7) is -3.82. The van der Waals surface area contributed by atoms with Gasteiger partial charge in [-0.05, 0) is 0 Å². The van der Waals surface area contributed by atoms with Crippen LogP contribution in [0.3, 0.4) is 0 Å². The second-order valence-corrected chi connectivity index (χ2v) is 12.8. The standard InChI is InChI=1S/C26H22O2P2/c27-25(28)26(29)30(21-13-5-1-6-14-21,22-15-7-2-8-16-22,23-17-9-3-10-18-23)24-19-11-4-12-20-24/h1-20,29H,(H,27,28). The van der Waals surface area contributed by atoms with Crippen LogP contribution in [0.2, 0.25) is 0 Å². The third-order valence-electron chi connectivity index (χ3n) is 5.74. The molecule has 0 aliphatic carbocycles. The Bertz CT molecular complexity index is 1010. The predicted octanol–water partition coefficient (Wildman–Crippen LogP) is 4.20. The van der Waals surface area contributed by atoms with Gasteiger partial charge in [-0.2, -0.15) is 0 Å². The van der Waals surface area contributed by atoms with Crippen LogP contribution in [0.15, 0.2) is 121 Å². The molecule has 0 bridgehead atoms. The molecule has 2 nitrogen and oxygen atoms in total. The van der Waals surface area contributed by atoms with Crippen LogP contribution in [-0.2, 0) is 4.79 Å². The molecule has 1 N–H and O–H groups in total. The van der Waals surface area contributed by atoms with Gasteiger partial charge in [-0.15, -0.1) is 0 Å². The molecule has 0 unspecified atom stereocenters. The number of carboxylic acids is 1. The third kappa shape index (κ3) is 2.69. The van der Waals surface area contributed by atoms with Crippen molar-refractivity contribution in [1.82, 2.24) is 0 Å². The average Bonchev–Trinajstić information content (AvgIpc) is 2.83. The molecule has 4 aromatic rings. The first-order chi connectivity index (χ1) is 14.6. The monoisotopic (exact) mass is 428 g/mol. The molecule has 4 aromatic carbocycles. The minimum atomic E-state index is -3.82. The van der Waals surface area contributed by atoms with E-state index in [9.17, 15) is 9.90 Å². The van der Waals surface area contributed by atoms with E-state index in [4.69, 9.17) is 0 Å². The quantitative estimate of drug-likeness (QED) is 0.468. The first-order valence-corrected chi connectivity index (χ1v) is 12.4. The molecule has 4 rings (SSSR count). The molecule has 0 atom stereocenters. The zero-order chi connectivity index (χ0) is 21.1. The van der Waals surface area contributed by atoms with E-state index in [0.717, 1.165) is 21.2 Å². The molecule has 0 amide bonds. The van der Waals surface area contributed by atoms with E-state index in [2.05, 4.69) is 8.86 Å². The molecular weight excluding hydrogens is 406 g/mol. The number of carbonyl (C=O) groups is 1. The van der Waals surface area contributed by atoms with E-state index < -0.39 is 12.6 Å². The SMILES string of the molecule is O=C(O)C(=P)P(c1ccccc1)(c1ccccc1)(c1ccccc1)c1ccccc1. The number of rotatable bonds is 6. The molecule has 0 radical (unpaired) electrons. The van der Waals surface area contributed by atoms with Crippen LogP contribution in [0.25, 0.3) is 0 Å². The second-order valence-electron chi connectivity index (χ2n) is 7.11. The molecule has 0 aromatic heterocycles. The molecule has 0 saturated heterocycles. The summed E-state index contributed by atoms with van der Waals surface area (Å²) < 4.78 is 0.